The highest BCUT2D eigenvalue weighted by Gasteiger charge is 2.29. The largest absolute Gasteiger partial charge is 0.307 e. The van der Waals surface area contributed by atoms with E-state index in [4.69, 9.17) is 0 Å². The third kappa shape index (κ3) is 2.89. The molecule has 3 heteroatoms. The number of rotatable bonds is 3. The molecule has 0 radical (unpaired) electrons. The molecule has 3 unspecified atom stereocenters. The standard InChI is InChI=1S/C17H24FNS/c1-2-12-6-3-4-9-15(12)19-16-10-11-20-17-13(16)7-5-8-14(17)18/h5,7-8,12,15-16,19H,2-4,6,9-11H2,1H3. The Morgan fingerprint density at radius 2 is 2.10 bits per heavy atom. The zero-order valence-electron chi connectivity index (χ0n) is 12.2. The van der Waals surface area contributed by atoms with Crippen LogP contribution in [0.15, 0.2) is 23.1 Å². The van der Waals surface area contributed by atoms with Crippen LogP contribution >= 0.6 is 11.8 Å². The lowest BCUT2D eigenvalue weighted by atomic mass is 9.82. The molecule has 3 atom stereocenters. The third-order valence-electron chi connectivity index (χ3n) is 4.87. The monoisotopic (exact) mass is 293 g/mol. The maximum Gasteiger partial charge on any atom is 0.137 e. The van der Waals surface area contributed by atoms with Gasteiger partial charge in [-0.1, -0.05) is 38.3 Å². The predicted octanol–water partition coefficient (Wildman–Crippen LogP) is 4.92. The second kappa shape index (κ2) is 6.48. The Morgan fingerprint density at radius 3 is 2.95 bits per heavy atom. The van der Waals surface area contributed by atoms with Crippen LogP contribution in [-0.4, -0.2) is 11.8 Å². The summed E-state index contributed by atoms with van der Waals surface area (Å²) in [5.74, 6) is 1.78. The predicted molar refractivity (Wildman–Crippen MR) is 83.7 cm³/mol. The summed E-state index contributed by atoms with van der Waals surface area (Å²) in [7, 11) is 0. The molecule has 0 saturated heterocycles. The van der Waals surface area contributed by atoms with Crippen molar-refractivity contribution in [2.45, 2.75) is 62.4 Å². The smallest absolute Gasteiger partial charge is 0.137 e. The first-order valence-corrected chi connectivity index (χ1v) is 8.95. The maximum absolute atomic E-state index is 13.9. The molecule has 1 aliphatic carbocycles. The van der Waals surface area contributed by atoms with E-state index in [0.29, 0.717) is 12.1 Å². The van der Waals surface area contributed by atoms with Crippen molar-refractivity contribution >= 4 is 11.8 Å². The molecule has 1 aliphatic heterocycles. The molecule has 1 heterocycles. The van der Waals surface area contributed by atoms with Crippen molar-refractivity contribution in [3.8, 4) is 0 Å². The van der Waals surface area contributed by atoms with Crippen LogP contribution in [0.5, 0.6) is 0 Å². The van der Waals surface area contributed by atoms with Crippen LogP contribution in [0.25, 0.3) is 0 Å². The molecule has 0 amide bonds. The molecule has 3 rings (SSSR count). The van der Waals surface area contributed by atoms with Gasteiger partial charge in [0.1, 0.15) is 5.82 Å². The van der Waals surface area contributed by atoms with Crippen molar-refractivity contribution in [3.63, 3.8) is 0 Å². The summed E-state index contributed by atoms with van der Waals surface area (Å²) < 4.78 is 13.9. The summed E-state index contributed by atoms with van der Waals surface area (Å²) >= 11 is 1.67. The number of hydrogen-bond donors (Lipinski definition) is 1. The van der Waals surface area contributed by atoms with Gasteiger partial charge in [0.25, 0.3) is 0 Å². The second-order valence-corrected chi connectivity index (χ2v) is 7.18. The fraction of sp³-hybridized carbons (Fsp3) is 0.647. The van der Waals surface area contributed by atoms with E-state index in [1.165, 1.54) is 37.7 Å². The second-order valence-electron chi connectivity index (χ2n) is 6.07. The number of thioether (sulfide) groups is 1. The Hall–Kier alpha value is -0.540. The fourth-order valence-corrected chi connectivity index (χ4v) is 4.87. The lowest BCUT2D eigenvalue weighted by molar-refractivity contribution is 0.233. The highest BCUT2D eigenvalue weighted by atomic mass is 32.2. The van der Waals surface area contributed by atoms with Crippen molar-refractivity contribution in [2.24, 2.45) is 5.92 Å². The van der Waals surface area contributed by atoms with Gasteiger partial charge in [0.15, 0.2) is 0 Å². The SMILES string of the molecule is CCC1CCCCC1NC1CCSc2c(F)cccc21. The summed E-state index contributed by atoms with van der Waals surface area (Å²) in [6.45, 7) is 2.30. The number of fused-ring (bicyclic) bond motifs is 1. The van der Waals surface area contributed by atoms with Crippen LogP contribution in [0.2, 0.25) is 0 Å². The van der Waals surface area contributed by atoms with Gasteiger partial charge >= 0.3 is 0 Å². The van der Waals surface area contributed by atoms with Gasteiger partial charge in [-0.25, -0.2) is 4.39 Å². The minimum absolute atomic E-state index is 0.0466. The number of halogens is 1. The molecule has 20 heavy (non-hydrogen) atoms. The molecule has 1 aromatic rings. The third-order valence-corrected chi connectivity index (χ3v) is 6.03. The van der Waals surface area contributed by atoms with Gasteiger partial charge in [-0.2, -0.15) is 0 Å². The molecule has 1 N–H and O–H groups in total. The Morgan fingerprint density at radius 1 is 1.25 bits per heavy atom. The van der Waals surface area contributed by atoms with Crippen LogP contribution < -0.4 is 5.32 Å². The molecule has 1 fully saturated rings. The van der Waals surface area contributed by atoms with E-state index in [-0.39, 0.29) is 5.82 Å². The summed E-state index contributed by atoms with van der Waals surface area (Å²) in [6.07, 6.45) is 7.73. The Balaban J connectivity index is 1.77. The molecule has 1 aromatic carbocycles. The zero-order valence-corrected chi connectivity index (χ0v) is 13.0. The van der Waals surface area contributed by atoms with Gasteiger partial charge in [-0.15, -0.1) is 11.8 Å². The van der Waals surface area contributed by atoms with Crippen molar-refractivity contribution < 1.29 is 4.39 Å². The molecule has 1 nitrogen and oxygen atoms in total. The molecule has 0 bridgehead atoms. The molecule has 2 aliphatic rings. The number of hydrogen-bond acceptors (Lipinski definition) is 2. The van der Waals surface area contributed by atoms with Crippen LogP contribution in [0.4, 0.5) is 4.39 Å². The van der Waals surface area contributed by atoms with Gasteiger partial charge in [0.2, 0.25) is 0 Å². The lowest BCUT2D eigenvalue weighted by Crippen LogP contribution is -2.41. The molecule has 1 saturated carbocycles. The quantitative estimate of drug-likeness (QED) is 0.849. The van der Waals surface area contributed by atoms with Crippen molar-refractivity contribution in [1.29, 1.82) is 0 Å². The van der Waals surface area contributed by atoms with Gasteiger partial charge in [-0.05, 0) is 42.6 Å². The van der Waals surface area contributed by atoms with Crippen LogP contribution in [0, 0.1) is 11.7 Å². The van der Waals surface area contributed by atoms with Gasteiger partial charge < -0.3 is 5.32 Å². The van der Waals surface area contributed by atoms with E-state index in [1.54, 1.807) is 17.8 Å². The average Bonchev–Trinajstić information content (AvgIpc) is 2.49. The van der Waals surface area contributed by atoms with Gasteiger partial charge in [0.05, 0.1) is 0 Å². The summed E-state index contributed by atoms with van der Waals surface area (Å²) in [5.41, 5.74) is 1.18. The van der Waals surface area contributed by atoms with E-state index in [0.717, 1.165) is 23.0 Å². The first-order valence-electron chi connectivity index (χ1n) is 7.97. The Kier molecular flexibility index (Phi) is 4.67. The minimum Gasteiger partial charge on any atom is -0.307 e. The fourth-order valence-electron chi connectivity index (χ4n) is 3.73. The van der Waals surface area contributed by atoms with Gasteiger partial charge in [-0.3, -0.25) is 0 Å². The highest BCUT2D eigenvalue weighted by molar-refractivity contribution is 7.99. The van der Waals surface area contributed by atoms with E-state index in [9.17, 15) is 4.39 Å². The molecule has 0 aromatic heterocycles. The van der Waals surface area contributed by atoms with Crippen LogP contribution in [-0.2, 0) is 0 Å². The van der Waals surface area contributed by atoms with E-state index in [1.807, 2.05) is 6.07 Å². The summed E-state index contributed by atoms with van der Waals surface area (Å²) in [6, 6.07) is 6.51. The first-order chi connectivity index (χ1) is 9.79. The molecule has 0 spiro atoms. The van der Waals surface area contributed by atoms with Crippen molar-refractivity contribution in [3.05, 3.63) is 29.6 Å². The molecule has 110 valence electrons. The Labute approximate surface area is 125 Å². The minimum atomic E-state index is -0.0466. The van der Waals surface area contributed by atoms with Crippen LogP contribution in [0.3, 0.4) is 0 Å². The maximum atomic E-state index is 13.9. The summed E-state index contributed by atoms with van der Waals surface area (Å²) in [5, 5.41) is 3.86. The normalized spacial score (nSPS) is 30.0. The first kappa shape index (κ1) is 14.4. The lowest BCUT2D eigenvalue weighted by Gasteiger charge is -2.36. The van der Waals surface area contributed by atoms with E-state index in [2.05, 4.69) is 18.3 Å². The van der Waals surface area contributed by atoms with Crippen LogP contribution in [0.1, 0.15) is 57.1 Å². The number of benzene rings is 1. The van der Waals surface area contributed by atoms with E-state index < -0.39 is 0 Å². The summed E-state index contributed by atoms with van der Waals surface area (Å²) in [4.78, 5) is 0.875. The van der Waals surface area contributed by atoms with Crippen molar-refractivity contribution in [1.82, 2.24) is 5.32 Å². The average molecular weight is 293 g/mol. The van der Waals surface area contributed by atoms with E-state index >= 15 is 0 Å². The molecular formula is C17H24FNS. The van der Waals surface area contributed by atoms with Crippen molar-refractivity contribution in [2.75, 3.05) is 5.75 Å². The molecular weight excluding hydrogens is 269 g/mol. The topological polar surface area (TPSA) is 12.0 Å². The van der Waals surface area contributed by atoms with Gasteiger partial charge in [0, 0.05) is 17.0 Å². The Bertz CT molecular complexity index is 462. The highest BCUT2D eigenvalue weighted by Crippen LogP contribution is 2.39. The number of nitrogens with one attached hydrogen (secondary N) is 1. The zero-order chi connectivity index (χ0) is 13.9.